The Balaban J connectivity index is 3.10. The number of rotatable bonds is 3. The number of aliphatic hydroxyl groups is 3. The van der Waals surface area contributed by atoms with Crippen LogP contribution in [-0.4, -0.2) is 28.0 Å². The molecule has 0 aliphatic carbocycles. The lowest BCUT2D eigenvalue weighted by Crippen LogP contribution is -2.23. The molecule has 0 aliphatic heterocycles. The van der Waals surface area contributed by atoms with Gasteiger partial charge in [-0.3, -0.25) is 0 Å². The fourth-order valence-corrected chi connectivity index (χ4v) is 1.25. The van der Waals surface area contributed by atoms with Gasteiger partial charge in [0.25, 0.3) is 0 Å². The fraction of sp³-hybridized carbons (Fsp3) is 0.333. The Morgan fingerprint density at radius 3 is 2.40 bits per heavy atom. The largest absolute Gasteiger partial charge is 0.394 e. The highest BCUT2D eigenvalue weighted by Crippen LogP contribution is 2.27. The van der Waals surface area contributed by atoms with Gasteiger partial charge >= 0.3 is 0 Å². The van der Waals surface area contributed by atoms with Crippen molar-refractivity contribution in [2.24, 2.45) is 0 Å². The van der Waals surface area contributed by atoms with Crippen LogP contribution in [0, 0.1) is 11.6 Å². The first-order chi connectivity index (χ1) is 6.99. The molecule has 3 N–H and O–H groups in total. The number of halogens is 3. The third kappa shape index (κ3) is 2.43. The Morgan fingerprint density at radius 1 is 1.27 bits per heavy atom. The van der Waals surface area contributed by atoms with Gasteiger partial charge in [0, 0.05) is 5.56 Å². The van der Waals surface area contributed by atoms with Gasteiger partial charge in [0.2, 0.25) is 0 Å². The molecule has 6 heteroatoms. The first kappa shape index (κ1) is 12.3. The molecule has 0 amide bonds. The molecule has 0 fully saturated rings. The summed E-state index contributed by atoms with van der Waals surface area (Å²) in [5, 5.41) is 26.2. The van der Waals surface area contributed by atoms with Crippen molar-refractivity contribution >= 4 is 11.6 Å². The molecule has 0 saturated carbocycles. The van der Waals surface area contributed by atoms with E-state index in [2.05, 4.69) is 0 Å². The molecule has 0 saturated heterocycles. The van der Waals surface area contributed by atoms with Crippen LogP contribution in [0.15, 0.2) is 12.1 Å². The second kappa shape index (κ2) is 4.85. The topological polar surface area (TPSA) is 60.7 Å². The molecule has 0 bridgehead atoms. The van der Waals surface area contributed by atoms with E-state index in [1.165, 1.54) is 0 Å². The summed E-state index contributed by atoms with van der Waals surface area (Å²) in [6.45, 7) is -0.740. The molecule has 0 aliphatic rings. The SMILES string of the molecule is OCC(O)C(O)c1ccc(F)c(Cl)c1F. The number of hydrogen-bond donors (Lipinski definition) is 3. The van der Waals surface area contributed by atoms with Gasteiger partial charge in [-0.25, -0.2) is 8.78 Å². The van der Waals surface area contributed by atoms with Crippen molar-refractivity contribution in [2.45, 2.75) is 12.2 Å². The standard InChI is InChI=1S/C9H9ClF2O3/c10-7-5(11)2-1-4(8(7)12)9(15)6(14)3-13/h1-2,6,9,13-15H,3H2. The highest BCUT2D eigenvalue weighted by Gasteiger charge is 2.23. The van der Waals surface area contributed by atoms with Crippen LogP contribution in [-0.2, 0) is 0 Å². The highest BCUT2D eigenvalue weighted by molar-refractivity contribution is 6.30. The molecule has 1 rings (SSSR count). The van der Waals surface area contributed by atoms with E-state index >= 15 is 0 Å². The van der Waals surface area contributed by atoms with Gasteiger partial charge in [0.05, 0.1) is 6.61 Å². The van der Waals surface area contributed by atoms with Crippen molar-refractivity contribution in [3.05, 3.63) is 34.4 Å². The molecule has 0 radical (unpaired) electrons. The monoisotopic (exact) mass is 238 g/mol. The zero-order valence-electron chi connectivity index (χ0n) is 7.49. The van der Waals surface area contributed by atoms with Crippen LogP contribution in [0.4, 0.5) is 8.78 Å². The quantitative estimate of drug-likeness (QED) is 0.689. The predicted molar refractivity (Wildman–Crippen MR) is 49.4 cm³/mol. The first-order valence-electron chi connectivity index (χ1n) is 4.09. The molecule has 2 unspecified atom stereocenters. The Labute approximate surface area is 89.5 Å². The number of aliphatic hydroxyl groups excluding tert-OH is 3. The second-order valence-electron chi connectivity index (χ2n) is 2.96. The second-order valence-corrected chi connectivity index (χ2v) is 3.34. The summed E-state index contributed by atoms with van der Waals surface area (Å²) in [4.78, 5) is 0. The molecular weight excluding hydrogens is 230 g/mol. The Bertz CT molecular complexity index is 359. The summed E-state index contributed by atoms with van der Waals surface area (Å²) in [6, 6.07) is 1.83. The van der Waals surface area contributed by atoms with E-state index in [4.69, 9.17) is 21.8 Å². The third-order valence-electron chi connectivity index (χ3n) is 1.94. The van der Waals surface area contributed by atoms with Gasteiger partial charge in [0.1, 0.15) is 23.0 Å². The van der Waals surface area contributed by atoms with Crippen LogP contribution < -0.4 is 0 Å². The Kier molecular flexibility index (Phi) is 3.98. The third-order valence-corrected chi connectivity index (χ3v) is 2.28. The van der Waals surface area contributed by atoms with Crippen molar-refractivity contribution in [2.75, 3.05) is 6.61 Å². The van der Waals surface area contributed by atoms with Gasteiger partial charge < -0.3 is 15.3 Å². The maximum atomic E-state index is 13.3. The fourth-order valence-electron chi connectivity index (χ4n) is 1.08. The van der Waals surface area contributed by atoms with E-state index in [1.54, 1.807) is 0 Å². The lowest BCUT2D eigenvalue weighted by molar-refractivity contribution is -0.0168. The predicted octanol–water partition coefficient (Wildman–Crippen LogP) is 1.00. The summed E-state index contributed by atoms with van der Waals surface area (Å²) >= 11 is 5.27. The maximum Gasteiger partial charge on any atom is 0.150 e. The summed E-state index contributed by atoms with van der Waals surface area (Å²) < 4.78 is 26.0. The van der Waals surface area contributed by atoms with Gasteiger partial charge in [-0.2, -0.15) is 0 Å². The van der Waals surface area contributed by atoms with E-state index in [0.717, 1.165) is 12.1 Å². The van der Waals surface area contributed by atoms with Crippen LogP contribution in [0.3, 0.4) is 0 Å². The Morgan fingerprint density at radius 2 is 1.87 bits per heavy atom. The van der Waals surface area contributed by atoms with E-state index < -0.39 is 35.5 Å². The van der Waals surface area contributed by atoms with E-state index in [-0.39, 0.29) is 5.56 Å². The van der Waals surface area contributed by atoms with E-state index in [9.17, 15) is 13.9 Å². The van der Waals surface area contributed by atoms with Gasteiger partial charge in [-0.1, -0.05) is 17.7 Å². The molecule has 0 heterocycles. The molecular formula is C9H9ClF2O3. The lowest BCUT2D eigenvalue weighted by Gasteiger charge is -2.16. The molecule has 3 nitrogen and oxygen atoms in total. The lowest BCUT2D eigenvalue weighted by atomic mass is 10.0. The molecule has 15 heavy (non-hydrogen) atoms. The summed E-state index contributed by atoms with van der Waals surface area (Å²) in [7, 11) is 0. The molecule has 1 aromatic carbocycles. The number of benzene rings is 1. The average Bonchev–Trinajstić information content (AvgIpc) is 2.24. The smallest absolute Gasteiger partial charge is 0.150 e. The van der Waals surface area contributed by atoms with Crippen molar-refractivity contribution in [3.8, 4) is 0 Å². The molecule has 0 spiro atoms. The van der Waals surface area contributed by atoms with Crippen molar-refractivity contribution in [1.82, 2.24) is 0 Å². The molecule has 84 valence electrons. The van der Waals surface area contributed by atoms with Gasteiger partial charge in [0.15, 0.2) is 5.82 Å². The van der Waals surface area contributed by atoms with Crippen LogP contribution in [0.5, 0.6) is 0 Å². The number of hydrogen-bond acceptors (Lipinski definition) is 3. The molecule has 0 aromatic heterocycles. The van der Waals surface area contributed by atoms with Crippen molar-refractivity contribution in [3.63, 3.8) is 0 Å². The van der Waals surface area contributed by atoms with Gasteiger partial charge in [-0.15, -0.1) is 0 Å². The zero-order valence-corrected chi connectivity index (χ0v) is 8.25. The summed E-state index contributed by atoms with van der Waals surface area (Å²) in [5.41, 5.74) is -0.358. The average molecular weight is 239 g/mol. The van der Waals surface area contributed by atoms with Crippen molar-refractivity contribution < 1.29 is 24.1 Å². The molecule has 2 atom stereocenters. The minimum Gasteiger partial charge on any atom is -0.394 e. The van der Waals surface area contributed by atoms with E-state index in [1.807, 2.05) is 0 Å². The maximum absolute atomic E-state index is 13.3. The minimum atomic E-state index is -1.65. The summed E-state index contributed by atoms with van der Waals surface area (Å²) in [5.74, 6) is -2.10. The van der Waals surface area contributed by atoms with Crippen LogP contribution in [0.25, 0.3) is 0 Å². The molecule has 1 aromatic rings. The van der Waals surface area contributed by atoms with Gasteiger partial charge in [-0.05, 0) is 6.07 Å². The van der Waals surface area contributed by atoms with E-state index in [0.29, 0.717) is 0 Å². The zero-order chi connectivity index (χ0) is 11.6. The summed E-state index contributed by atoms with van der Waals surface area (Å²) in [6.07, 6.45) is -3.19. The van der Waals surface area contributed by atoms with Crippen molar-refractivity contribution in [1.29, 1.82) is 0 Å². The van der Waals surface area contributed by atoms with Crippen LogP contribution in [0.1, 0.15) is 11.7 Å². The minimum absolute atomic E-state index is 0.358. The van der Waals surface area contributed by atoms with Crippen LogP contribution >= 0.6 is 11.6 Å². The first-order valence-corrected chi connectivity index (χ1v) is 4.47. The normalized spacial score (nSPS) is 15.1. The highest BCUT2D eigenvalue weighted by atomic mass is 35.5. The van der Waals surface area contributed by atoms with Crippen LogP contribution in [0.2, 0.25) is 5.02 Å². The Hall–Kier alpha value is -0.750.